The number of amides is 1. The summed E-state index contributed by atoms with van der Waals surface area (Å²) in [5.74, 6) is -0.355. The number of ether oxygens (including phenoxy) is 1. The number of benzene rings is 1. The molecule has 1 heterocycles. The minimum absolute atomic E-state index is 0. The molecule has 0 spiro atoms. The molecule has 0 N–H and O–H groups in total. The van der Waals surface area contributed by atoms with E-state index in [-0.39, 0.29) is 30.7 Å². The molecule has 0 bridgehead atoms. The van der Waals surface area contributed by atoms with E-state index in [1.165, 1.54) is 11.8 Å². The first-order chi connectivity index (χ1) is 12.4. The Hall–Kier alpha value is -0.930. The highest BCUT2D eigenvalue weighted by Gasteiger charge is 2.31. The fourth-order valence-electron chi connectivity index (χ4n) is 2.20. The molecule has 0 aliphatic carbocycles. The highest BCUT2D eigenvalue weighted by Crippen LogP contribution is 2.32. The van der Waals surface area contributed by atoms with Crippen molar-refractivity contribution < 1.29 is 14.3 Å². The number of likely N-dealkylation sites (N-methyl/N-ethyl adjacent to an activating group) is 1. The third kappa shape index (κ3) is 7.91. The summed E-state index contributed by atoms with van der Waals surface area (Å²) in [5.41, 5.74) is 0.943. The zero-order valence-corrected chi connectivity index (χ0v) is 19.2. The van der Waals surface area contributed by atoms with Crippen molar-refractivity contribution in [3.05, 3.63) is 39.2 Å². The van der Waals surface area contributed by atoms with E-state index in [1.54, 1.807) is 4.90 Å². The van der Waals surface area contributed by atoms with Gasteiger partial charge in [-0.25, -0.2) is 0 Å². The van der Waals surface area contributed by atoms with Gasteiger partial charge in [0.1, 0.15) is 10.9 Å². The maximum absolute atomic E-state index is 12.5. The number of rotatable bonds is 8. The second kappa shape index (κ2) is 11.8. The zero-order valence-electron chi connectivity index (χ0n) is 15.1. The fraction of sp³-hybridized carbons (Fsp3) is 0.389. The van der Waals surface area contributed by atoms with E-state index < -0.39 is 0 Å². The molecule has 2 rings (SSSR count). The van der Waals surface area contributed by atoms with Gasteiger partial charge in [-0.15, -0.1) is 12.4 Å². The van der Waals surface area contributed by atoms with E-state index in [4.69, 9.17) is 17.0 Å². The van der Waals surface area contributed by atoms with E-state index >= 15 is 0 Å². The minimum Gasteiger partial charge on any atom is -0.464 e. The molecule has 1 aliphatic rings. The van der Waals surface area contributed by atoms with Crippen LogP contribution in [0, 0.1) is 0 Å². The molecule has 5 nitrogen and oxygen atoms in total. The Labute approximate surface area is 184 Å². The molecule has 1 aromatic rings. The third-order valence-electron chi connectivity index (χ3n) is 3.61. The first kappa shape index (κ1) is 24.1. The monoisotopic (exact) mass is 492 g/mol. The van der Waals surface area contributed by atoms with Crippen molar-refractivity contribution in [1.82, 2.24) is 9.80 Å². The standard InChI is InChI=1S/C18H21BrN2O3S2.ClH/c1-20(2)10-11-24-16(22)4-3-9-21-17(23)15(26-18(21)25)12-13-5-7-14(19)8-6-13;/h5-8,12H,3-4,9-11H2,1-2H3;1H. The average Bonchev–Trinajstić information content (AvgIpc) is 2.84. The van der Waals surface area contributed by atoms with Crippen LogP contribution < -0.4 is 0 Å². The van der Waals surface area contributed by atoms with E-state index in [9.17, 15) is 9.59 Å². The van der Waals surface area contributed by atoms with Crippen molar-refractivity contribution in [2.24, 2.45) is 0 Å². The maximum atomic E-state index is 12.5. The lowest BCUT2D eigenvalue weighted by Crippen LogP contribution is -2.29. The average molecular weight is 494 g/mol. The first-order valence-corrected chi connectivity index (χ1v) is 10.2. The second-order valence-corrected chi connectivity index (χ2v) is 8.60. The number of halogens is 2. The predicted molar refractivity (Wildman–Crippen MR) is 120 cm³/mol. The van der Waals surface area contributed by atoms with E-state index in [2.05, 4.69) is 15.9 Å². The van der Waals surface area contributed by atoms with Crippen LogP contribution in [0.4, 0.5) is 0 Å². The second-order valence-electron chi connectivity index (χ2n) is 6.01. The molecule has 1 amide bonds. The molecule has 9 heteroatoms. The van der Waals surface area contributed by atoms with Crippen LogP contribution >= 0.6 is 52.3 Å². The molecule has 1 fully saturated rings. The summed E-state index contributed by atoms with van der Waals surface area (Å²) in [7, 11) is 3.84. The van der Waals surface area contributed by atoms with E-state index in [1.807, 2.05) is 49.3 Å². The van der Waals surface area contributed by atoms with Gasteiger partial charge in [0, 0.05) is 24.0 Å². The van der Waals surface area contributed by atoms with Crippen molar-refractivity contribution in [3.8, 4) is 0 Å². The lowest BCUT2D eigenvalue weighted by Gasteiger charge is -2.14. The van der Waals surface area contributed by atoms with Crippen molar-refractivity contribution in [2.75, 3.05) is 33.8 Å². The van der Waals surface area contributed by atoms with E-state index in [0.29, 0.717) is 35.3 Å². The molecule has 1 aromatic carbocycles. The maximum Gasteiger partial charge on any atom is 0.305 e. The van der Waals surface area contributed by atoms with Crippen molar-refractivity contribution in [1.29, 1.82) is 0 Å². The van der Waals surface area contributed by atoms with Crippen LogP contribution in [-0.2, 0) is 14.3 Å². The predicted octanol–water partition coefficient (Wildman–Crippen LogP) is 3.96. The minimum atomic E-state index is -0.248. The molecule has 0 atom stereocenters. The largest absolute Gasteiger partial charge is 0.464 e. The summed E-state index contributed by atoms with van der Waals surface area (Å²) in [5, 5.41) is 0. The van der Waals surface area contributed by atoms with Crippen LogP contribution in [0.1, 0.15) is 18.4 Å². The van der Waals surface area contributed by atoms with Gasteiger partial charge in [-0.2, -0.15) is 0 Å². The number of hydrogen-bond donors (Lipinski definition) is 0. The SMILES string of the molecule is CN(C)CCOC(=O)CCCN1C(=O)C(=Cc2ccc(Br)cc2)SC1=S.Cl. The van der Waals surface area contributed by atoms with Crippen LogP contribution in [0.25, 0.3) is 6.08 Å². The number of nitrogens with zero attached hydrogens (tertiary/aromatic N) is 2. The van der Waals surface area contributed by atoms with Gasteiger partial charge >= 0.3 is 5.97 Å². The molecule has 0 saturated carbocycles. The number of thiocarbonyl (C=S) groups is 1. The molecule has 148 valence electrons. The van der Waals surface area contributed by atoms with E-state index in [0.717, 1.165) is 10.0 Å². The summed E-state index contributed by atoms with van der Waals surface area (Å²) >= 11 is 9.99. The number of thioether (sulfide) groups is 1. The Bertz CT molecular complexity index is 711. The highest BCUT2D eigenvalue weighted by atomic mass is 79.9. The van der Waals surface area contributed by atoms with Gasteiger partial charge < -0.3 is 9.64 Å². The fourth-order valence-corrected chi connectivity index (χ4v) is 3.77. The van der Waals surface area contributed by atoms with Gasteiger partial charge in [-0.3, -0.25) is 14.5 Å². The molecule has 0 radical (unpaired) electrons. The van der Waals surface area contributed by atoms with Crippen LogP contribution in [-0.4, -0.2) is 59.8 Å². The molecular formula is C18H22BrClN2O3S2. The van der Waals surface area contributed by atoms with Gasteiger partial charge in [0.25, 0.3) is 5.91 Å². The zero-order chi connectivity index (χ0) is 19.1. The number of carbonyl (C=O) groups excluding carboxylic acids is 2. The normalized spacial score (nSPS) is 15.4. The van der Waals surface area contributed by atoms with Gasteiger partial charge in [0.15, 0.2) is 0 Å². The van der Waals surface area contributed by atoms with Crippen LogP contribution in [0.15, 0.2) is 33.6 Å². The summed E-state index contributed by atoms with van der Waals surface area (Å²) in [4.78, 5) is 28.3. The van der Waals surface area contributed by atoms with Gasteiger partial charge in [0.2, 0.25) is 0 Å². The molecule has 27 heavy (non-hydrogen) atoms. The molecular weight excluding hydrogens is 472 g/mol. The lowest BCUT2D eigenvalue weighted by atomic mass is 10.2. The highest BCUT2D eigenvalue weighted by molar-refractivity contribution is 9.10. The Balaban J connectivity index is 0.00000364. The van der Waals surface area contributed by atoms with Crippen LogP contribution in [0.3, 0.4) is 0 Å². The molecule has 0 aromatic heterocycles. The van der Waals surface area contributed by atoms with Crippen molar-refractivity contribution >= 4 is 74.6 Å². The van der Waals surface area contributed by atoms with Gasteiger partial charge in [-0.1, -0.05) is 52.0 Å². The Morgan fingerprint density at radius 3 is 2.63 bits per heavy atom. The molecule has 0 unspecified atom stereocenters. The Kier molecular flexibility index (Phi) is 10.5. The van der Waals surface area contributed by atoms with Crippen LogP contribution in [0.2, 0.25) is 0 Å². The summed E-state index contributed by atoms with van der Waals surface area (Å²) in [6.45, 7) is 1.50. The quantitative estimate of drug-likeness (QED) is 0.310. The van der Waals surface area contributed by atoms with Gasteiger partial charge in [-0.05, 0) is 44.3 Å². The number of hydrogen-bond acceptors (Lipinski definition) is 6. The van der Waals surface area contributed by atoms with Crippen molar-refractivity contribution in [2.45, 2.75) is 12.8 Å². The smallest absolute Gasteiger partial charge is 0.305 e. The third-order valence-corrected chi connectivity index (χ3v) is 5.51. The topological polar surface area (TPSA) is 49.9 Å². The van der Waals surface area contributed by atoms with Crippen molar-refractivity contribution in [3.63, 3.8) is 0 Å². The first-order valence-electron chi connectivity index (χ1n) is 8.18. The number of carbonyl (C=O) groups is 2. The summed E-state index contributed by atoms with van der Waals surface area (Å²) in [6.07, 6.45) is 2.64. The molecule has 1 saturated heterocycles. The number of esters is 1. The lowest BCUT2D eigenvalue weighted by molar-refractivity contribution is -0.144. The van der Waals surface area contributed by atoms with Crippen LogP contribution in [0.5, 0.6) is 0 Å². The summed E-state index contributed by atoms with van der Waals surface area (Å²) in [6, 6.07) is 7.71. The summed E-state index contributed by atoms with van der Waals surface area (Å²) < 4.78 is 6.66. The Morgan fingerprint density at radius 1 is 1.33 bits per heavy atom. The molecule has 1 aliphatic heterocycles. The van der Waals surface area contributed by atoms with Gasteiger partial charge in [0.05, 0.1) is 4.91 Å². The Morgan fingerprint density at radius 2 is 2.00 bits per heavy atom.